The van der Waals surface area contributed by atoms with Crippen LogP contribution in [0.1, 0.15) is 302 Å². The van der Waals surface area contributed by atoms with Crippen LogP contribution >= 0.6 is 0 Å². The van der Waals surface area contributed by atoms with E-state index in [4.69, 9.17) is 33.9 Å². The van der Waals surface area contributed by atoms with Gasteiger partial charge in [-0.1, -0.05) is 204 Å². The maximum Gasteiger partial charge on any atom is 0.338 e. The van der Waals surface area contributed by atoms with Gasteiger partial charge in [0, 0.05) is 0 Å². The molecule has 0 saturated carbocycles. The Balaban J connectivity index is -0.00000118. The number of carbonyl (C=O) groups is 7. The molecule has 7 rings (SSSR count). The first kappa shape index (κ1) is 103. The van der Waals surface area contributed by atoms with Crippen LogP contribution < -0.4 is 0 Å². The van der Waals surface area contributed by atoms with Gasteiger partial charge in [-0.05, 0) is 271 Å². The standard InChI is InChI=1S/2C14H20O2.C13H18O2.3C12H16O2.C11H14O2.3C2H6/c2*1-5-16-14(15)13-8-11(4)7-12(9-13)6-10(2)3;1-4-6-11-7-10(3)8-12(9-11)13(14)15-5-2;2*1-8(2)4-10-5-9(3)6-11(7-10)12(13)14;1-4-10-6-9(3)7-11(8-10)12(13)14-5-2;1-4-13-11(12)10-6-8(2)5-9(3)7-10;3*1-2/h2*7-10H,5-6H2,1-4H3;7-9H,4-6H2,1-3H3;2*5-8H,4H2,1-3H3,(H,13,14);6-8H,4-5H2,1-3H3;5-7H,4H2,1-3H3;3*1-2H3. The number of aryl methyl sites for hydroxylation is 10. The Morgan fingerprint density at radius 1 is 0.259 bits per heavy atom. The zero-order valence-corrected chi connectivity index (χ0v) is 71.7. The van der Waals surface area contributed by atoms with Crippen LogP contribution in [0.2, 0.25) is 0 Å². The number of rotatable bonds is 23. The first-order valence-corrected chi connectivity index (χ1v) is 39.0. The molecule has 7 aromatic carbocycles. The van der Waals surface area contributed by atoms with Gasteiger partial charge in [-0.3, -0.25) is 0 Å². The maximum atomic E-state index is 11.6. The number of carboxylic acids is 2. The van der Waals surface area contributed by atoms with Crippen LogP contribution in [0.25, 0.3) is 0 Å². The van der Waals surface area contributed by atoms with Crippen LogP contribution in [0.4, 0.5) is 0 Å². The van der Waals surface area contributed by atoms with Crippen molar-refractivity contribution in [3.05, 3.63) is 244 Å². The van der Waals surface area contributed by atoms with Gasteiger partial charge >= 0.3 is 41.8 Å². The molecule has 0 unspecified atom stereocenters. The second-order valence-corrected chi connectivity index (χ2v) is 27.3. The minimum atomic E-state index is -0.848. The van der Waals surface area contributed by atoms with E-state index in [9.17, 15) is 33.6 Å². The average Bonchev–Trinajstić information content (AvgIpc) is 0.830. The summed E-state index contributed by atoms with van der Waals surface area (Å²) in [6, 6.07) is 40.4. The summed E-state index contributed by atoms with van der Waals surface area (Å²) in [6.45, 7) is 60.4. The molecule has 0 amide bonds. The van der Waals surface area contributed by atoms with E-state index in [1.807, 2.05) is 203 Å². The van der Waals surface area contributed by atoms with Crippen LogP contribution in [0, 0.1) is 79.1 Å². The summed E-state index contributed by atoms with van der Waals surface area (Å²) in [5.41, 5.74) is 19.7. The Morgan fingerprint density at radius 3 is 0.639 bits per heavy atom. The van der Waals surface area contributed by atoms with Crippen LogP contribution in [-0.4, -0.2) is 85.0 Å². The van der Waals surface area contributed by atoms with E-state index in [2.05, 4.69) is 93.5 Å². The van der Waals surface area contributed by atoms with Crippen molar-refractivity contribution in [3.8, 4) is 0 Å². The number of aromatic carboxylic acids is 2. The molecular weight excluding hydrogens is 1350 g/mol. The van der Waals surface area contributed by atoms with Gasteiger partial charge in [-0.2, -0.15) is 0 Å². The Kier molecular flexibility index (Phi) is 56.1. The highest BCUT2D eigenvalue weighted by molar-refractivity contribution is 5.92. The van der Waals surface area contributed by atoms with E-state index < -0.39 is 11.9 Å². The number of carbonyl (C=O) groups excluding carboxylic acids is 5. The van der Waals surface area contributed by atoms with Crippen LogP contribution in [0.15, 0.2) is 127 Å². The fraction of sp³-hybridized carbons (Fsp3) is 0.479. The lowest BCUT2D eigenvalue weighted by molar-refractivity contribution is 0.0516. The maximum absolute atomic E-state index is 11.6. The van der Waals surface area contributed by atoms with Crippen LogP contribution in [0.3, 0.4) is 0 Å². The predicted molar refractivity (Wildman–Crippen MR) is 448 cm³/mol. The van der Waals surface area contributed by atoms with E-state index in [0.717, 1.165) is 101 Å². The Bertz CT molecular complexity index is 3610. The SMILES string of the molecule is CC.CC.CC.CCCc1cc(C)cc(C(=O)OCC)c1.CCOC(=O)c1cc(C)cc(C)c1.CCOC(=O)c1cc(C)cc(CC(C)C)c1.CCOC(=O)c1cc(C)cc(CC(C)C)c1.CCOC(=O)c1cc(C)cc(CC)c1.Cc1cc(CC(C)C)cc(C(=O)O)c1.Cc1cc(CC(C)C)cc(C(=O)O)c1. The summed E-state index contributed by atoms with van der Waals surface area (Å²) in [5.74, 6) is -0.547. The topological polar surface area (TPSA) is 206 Å². The number of esters is 5. The third-order valence-electron chi connectivity index (χ3n) is 14.6. The van der Waals surface area contributed by atoms with E-state index in [1.54, 1.807) is 31.2 Å². The van der Waals surface area contributed by atoms with Gasteiger partial charge < -0.3 is 33.9 Å². The largest absolute Gasteiger partial charge is 0.478 e. The Morgan fingerprint density at radius 2 is 0.435 bits per heavy atom. The van der Waals surface area contributed by atoms with Gasteiger partial charge in [0.2, 0.25) is 0 Å². The van der Waals surface area contributed by atoms with Crippen molar-refractivity contribution >= 4 is 41.8 Å². The molecule has 0 radical (unpaired) electrons. The van der Waals surface area contributed by atoms with E-state index in [-0.39, 0.29) is 29.8 Å². The van der Waals surface area contributed by atoms with Gasteiger partial charge in [0.05, 0.1) is 72.0 Å². The zero-order chi connectivity index (χ0) is 83.3. The summed E-state index contributed by atoms with van der Waals surface area (Å²) >= 11 is 0. The number of ether oxygens (including phenoxy) is 5. The average molecular weight is 1490 g/mol. The molecule has 0 aliphatic carbocycles. The number of hydrogen-bond acceptors (Lipinski definition) is 12. The summed E-state index contributed by atoms with van der Waals surface area (Å²) in [6.07, 6.45) is 6.89. The lowest BCUT2D eigenvalue weighted by Crippen LogP contribution is -2.06. The van der Waals surface area contributed by atoms with Crippen LogP contribution in [-0.2, 0) is 62.2 Å². The molecule has 14 nitrogen and oxygen atoms in total. The monoisotopic (exact) mass is 1490 g/mol. The van der Waals surface area contributed by atoms with Gasteiger partial charge in [-0.25, -0.2) is 33.6 Å². The zero-order valence-electron chi connectivity index (χ0n) is 71.7. The fourth-order valence-electron chi connectivity index (χ4n) is 11.1. The molecule has 0 atom stereocenters. The highest BCUT2D eigenvalue weighted by Gasteiger charge is 2.14. The molecular formula is C94H138O14. The van der Waals surface area contributed by atoms with Gasteiger partial charge in [0.1, 0.15) is 0 Å². The summed E-state index contributed by atoms with van der Waals surface area (Å²) in [5, 5.41) is 17.7. The molecule has 0 fully saturated rings. The molecule has 0 bridgehead atoms. The molecule has 14 heteroatoms. The van der Waals surface area contributed by atoms with Crippen molar-refractivity contribution in [2.45, 2.75) is 246 Å². The Hall–Kier alpha value is -9.17. The third-order valence-corrected chi connectivity index (χ3v) is 14.6. The Labute approximate surface area is 652 Å². The van der Waals surface area contributed by atoms with E-state index in [1.165, 1.54) is 22.3 Å². The van der Waals surface area contributed by atoms with Gasteiger partial charge in [-0.15, -0.1) is 0 Å². The number of carboxylic acid groups (broad SMARTS) is 2. The minimum absolute atomic E-state index is 0.224. The lowest BCUT2D eigenvalue weighted by atomic mass is 9.99. The van der Waals surface area contributed by atoms with Crippen molar-refractivity contribution in [1.82, 2.24) is 0 Å². The molecule has 0 spiro atoms. The summed E-state index contributed by atoms with van der Waals surface area (Å²) in [7, 11) is 0. The first-order chi connectivity index (χ1) is 51.0. The van der Waals surface area contributed by atoms with E-state index in [0.29, 0.717) is 95.7 Å². The normalized spacial score (nSPS) is 9.90. The molecule has 108 heavy (non-hydrogen) atoms. The second kappa shape index (κ2) is 58.9. The number of benzene rings is 7. The molecule has 0 heterocycles. The minimum Gasteiger partial charge on any atom is -0.478 e. The summed E-state index contributed by atoms with van der Waals surface area (Å²) < 4.78 is 24.8. The molecule has 0 saturated heterocycles. The lowest BCUT2D eigenvalue weighted by Gasteiger charge is -2.09. The van der Waals surface area contributed by atoms with Gasteiger partial charge in [0.25, 0.3) is 0 Å². The van der Waals surface area contributed by atoms with Crippen molar-refractivity contribution in [2.75, 3.05) is 33.0 Å². The summed E-state index contributed by atoms with van der Waals surface area (Å²) in [4.78, 5) is 79.1. The molecule has 2 N–H and O–H groups in total. The van der Waals surface area contributed by atoms with Crippen molar-refractivity contribution in [1.29, 1.82) is 0 Å². The smallest absolute Gasteiger partial charge is 0.338 e. The molecule has 0 aromatic heterocycles. The quantitative estimate of drug-likeness (QED) is 0.0452. The predicted octanol–water partition coefficient (Wildman–Crippen LogP) is 23.9. The third kappa shape index (κ3) is 46.1. The molecule has 7 aromatic rings. The molecule has 0 aliphatic heterocycles. The van der Waals surface area contributed by atoms with Crippen molar-refractivity contribution in [3.63, 3.8) is 0 Å². The number of hydrogen-bond donors (Lipinski definition) is 2. The van der Waals surface area contributed by atoms with Crippen LogP contribution in [0.5, 0.6) is 0 Å². The fourth-order valence-corrected chi connectivity index (χ4v) is 11.1. The van der Waals surface area contributed by atoms with Crippen molar-refractivity contribution < 1.29 is 67.5 Å². The highest BCUT2D eigenvalue weighted by Crippen LogP contribution is 2.20. The second-order valence-electron chi connectivity index (χ2n) is 27.3. The van der Waals surface area contributed by atoms with Gasteiger partial charge in [0.15, 0.2) is 0 Å². The molecule has 0 aliphatic rings. The molecule has 598 valence electrons. The highest BCUT2D eigenvalue weighted by atomic mass is 16.5. The van der Waals surface area contributed by atoms with E-state index >= 15 is 0 Å². The first-order valence-electron chi connectivity index (χ1n) is 39.0. The van der Waals surface area contributed by atoms with Crippen molar-refractivity contribution in [2.24, 2.45) is 23.7 Å².